The molecule has 2 rings (SSSR count). The summed E-state index contributed by atoms with van der Waals surface area (Å²) in [6.07, 6.45) is 0.998. The summed E-state index contributed by atoms with van der Waals surface area (Å²) in [5.41, 5.74) is 4.08. The molecule has 0 saturated carbocycles. The van der Waals surface area contributed by atoms with Gasteiger partial charge in [-0.05, 0) is 64.8 Å². The van der Waals surface area contributed by atoms with E-state index in [1.165, 1.54) is 5.56 Å². The third-order valence-corrected chi connectivity index (χ3v) is 4.10. The summed E-state index contributed by atoms with van der Waals surface area (Å²) in [5.74, 6) is 0.758. The summed E-state index contributed by atoms with van der Waals surface area (Å²) in [4.78, 5) is 12.5. The van der Waals surface area contributed by atoms with Gasteiger partial charge >= 0.3 is 0 Å². The number of ether oxygens (including phenoxy) is 1. The Labute approximate surface area is 139 Å². The molecule has 23 heavy (non-hydrogen) atoms. The molecule has 0 N–H and O–H groups in total. The second kappa shape index (κ2) is 6.61. The Morgan fingerprint density at radius 3 is 2.22 bits per heavy atom. The fourth-order valence-corrected chi connectivity index (χ4v) is 3.13. The third-order valence-electron chi connectivity index (χ3n) is 4.10. The number of hydrogen-bond acceptors (Lipinski definition) is 2. The predicted molar refractivity (Wildman–Crippen MR) is 94.5 cm³/mol. The summed E-state index contributed by atoms with van der Waals surface area (Å²) in [5, 5.41) is 0. The van der Waals surface area contributed by atoms with Crippen molar-refractivity contribution in [3.8, 4) is 5.75 Å². The monoisotopic (exact) mass is 313 g/mol. The highest BCUT2D eigenvalue weighted by atomic mass is 16.5. The minimum atomic E-state index is -0.0382. The Hall–Kier alpha value is -2.03. The van der Waals surface area contributed by atoms with Gasteiger partial charge in [-0.1, -0.05) is 19.1 Å². The average molecular weight is 313 g/mol. The lowest BCUT2D eigenvalue weighted by Crippen LogP contribution is -2.24. The van der Waals surface area contributed by atoms with E-state index in [2.05, 4.69) is 32.3 Å². The van der Waals surface area contributed by atoms with Crippen LogP contribution in [0.2, 0.25) is 0 Å². The second-order valence-electron chi connectivity index (χ2n) is 7.00. The first-order valence-electron chi connectivity index (χ1n) is 8.18. The minimum Gasteiger partial charge on any atom is -0.485 e. The highest BCUT2D eigenvalue weighted by Crippen LogP contribution is 2.25. The molecule has 0 amide bonds. The quantitative estimate of drug-likeness (QED) is 0.750. The molecule has 0 radical (unpaired) electrons. The van der Waals surface area contributed by atoms with Gasteiger partial charge in [0.25, 0.3) is 0 Å². The largest absolute Gasteiger partial charge is 0.485 e. The van der Waals surface area contributed by atoms with Gasteiger partial charge < -0.3 is 9.30 Å². The van der Waals surface area contributed by atoms with Crippen molar-refractivity contribution in [2.24, 2.45) is 0 Å². The predicted octanol–water partition coefficient (Wildman–Crippen LogP) is 4.68. The van der Waals surface area contributed by atoms with Crippen LogP contribution in [0.25, 0.3) is 0 Å². The average Bonchev–Trinajstić information content (AvgIpc) is 2.80. The van der Waals surface area contributed by atoms with Crippen molar-refractivity contribution in [2.75, 3.05) is 6.61 Å². The molecule has 1 aromatic heterocycles. The molecule has 0 atom stereocenters. The number of rotatable bonds is 5. The number of ketones is 1. The van der Waals surface area contributed by atoms with Gasteiger partial charge in [-0.25, -0.2) is 0 Å². The number of carbonyl (C=O) groups excluding carboxylic acids is 1. The zero-order valence-corrected chi connectivity index (χ0v) is 15.1. The summed E-state index contributed by atoms with van der Waals surface area (Å²) in [6, 6.07) is 9.87. The maximum absolute atomic E-state index is 12.5. The van der Waals surface area contributed by atoms with Gasteiger partial charge in [0.05, 0.1) is 0 Å². The van der Waals surface area contributed by atoms with Crippen molar-refractivity contribution in [3.05, 3.63) is 52.8 Å². The smallest absolute Gasteiger partial charge is 0.202 e. The zero-order chi connectivity index (χ0) is 17.2. The number of benzene rings is 1. The molecule has 0 saturated heterocycles. The van der Waals surface area contributed by atoms with Crippen molar-refractivity contribution in [3.63, 3.8) is 0 Å². The van der Waals surface area contributed by atoms with Crippen LogP contribution in [-0.4, -0.2) is 17.0 Å². The molecule has 0 bridgehead atoms. The Kier molecular flexibility index (Phi) is 4.98. The fraction of sp³-hybridized carbons (Fsp3) is 0.450. The van der Waals surface area contributed by atoms with Gasteiger partial charge in [-0.2, -0.15) is 0 Å². The van der Waals surface area contributed by atoms with Crippen LogP contribution in [0.4, 0.5) is 0 Å². The lowest BCUT2D eigenvalue weighted by atomic mass is 10.1. The van der Waals surface area contributed by atoms with E-state index >= 15 is 0 Å². The molecular formula is C20H27NO2. The molecule has 0 unspecified atom stereocenters. The number of carbonyl (C=O) groups is 1. The molecular weight excluding hydrogens is 286 g/mol. The van der Waals surface area contributed by atoms with Gasteiger partial charge in [0.1, 0.15) is 5.75 Å². The van der Waals surface area contributed by atoms with Crippen LogP contribution in [0.1, 0.15) is 55.0 Å². The van der Waals surface area contributed by atoms with Crippen molar-refractivity contribution >= 4 is 5.78 Å². The molecule has 0 aliphatic carbocycles. The molecule has 0 aliphatic rings. The Morgan fingerprint density at radius 2 is 1.74 bits per heavy atom. The summed E-state index contributed by atoms with van der Waals surface area (Å²) in [7, 11) is 0. The van der Waals surface area contributed by atoms with E-state index in [1.807, 2.05) is 44.2 Å². The first kappa shape index (κ1) is 17.3. The van der Waals surface area contributed by atoms with Gasteiger partial charge in [-0.3, -0.25) is 4.79 Å². The Bertz CT molecular complexity index is 688. The zero-order valence-electron chi connectivity index (χ0n) is 15.1. The molecule has 2 aromatic rings. The van der Waals surface area contributed by atoms with E-state index in [4.69, 9.17) is 4.74 Å². The maximum atomic E-state index is 12.5. The number of aromatic nitrogens is 1. The van der Waals surface area contributed by atoms with Crippen LogP contribution in [-0.2, 0) is 12.0 Å². The van der Waals surface area contributed by atoms with E-state index in [9.17, 15) is 4.79 Å². The molecule has 3 heteroatoms. The SMILES string of the molecule is CCc1ccc(OCC(=O)c2cc(C)n(C(C)(C)C)c2C)cc1. The first-order chi connectivity index (χ1) is 10.7. The maximum Gasteiger partial charge on any atom is 0.202 e. The van der Waals surface area contributed by atoms with Crippen LogP contribution in [0.5, 0.6) is 5.75 Å². The van der Waals surface area contributed by atoms with Crippen molar-refractivity contribution in [1.29, 1.82) is 0 Å². The number of hydrogen-bond donors (Lipinski definition) is 0. The van der Waals surface area contributed by atoms with E-state index < -0.39 is 0 Å². The van der Waals surface area contributed by atoms with Crippen LogP contribution in [0, 0.1) is 13.8 Å². The standard InChI is InChI=1S/C20H27NO2/c1-7-16-8-10-17(11-9-16)23-13-19(22)18-12-14(2)21(15(18)3)20(4,5)6/h8-12H,7,13H2,1-6H3. The minimum absolute atomic E-state index is 0.0215. The molecule has 0 fully saturated rings. The summed E-state index contributed by atoms with van der Waals surface area (Å²) in [6.45, 7) is 12.7. The molecule has 1 aromatic carbocycles. The Morgan fingerprint density at radius 1 is 1.13 bits per heavy atom. The molecule has 3 nitrogen and oxygen atoms in total. The van der Waals surface area contributed by atoms with Gasteiger partial charge in [0.15, 0.2) is 6.61 Å². The van der Waals surface area contributed by atoms with Crippen LogP contribution in [0.15, 0.2) is 30.3 Å². The van der Waals surface area contributed by atoms with Crippen molar-refractivity contribution in [1.82, 2.24) is 4.57 Å². The second-order valence-corrected chi connectivity index (χ2v) is 7.00. The van der Waals surface area contributed by atoms with Gasteiger partial charge in [0, 0.05) is 22.5 Å². The van der Waals surface area contributed by atoms with Gasteiger partial charge in [-0.15, -0.1) is 0 Å². The first-order valence-corrected chi connectivity index (χ1v) is 8.18. The van der Waals surface area contributed by atoms with Gasteiger partial charge in [0.2, 0.25) is 5.78 Å². The number of Topliss-reactive ketones (excluding diaryl/α,β-unsaturated/α-hetero) is 1. The topological polar surface area (TPSA) is 31.2 Å². The van der Waals surface area contributed by atoms with E-state index in [-0.39, 0.29) is 17.9 Å². The van der Waals surface area contributed by atoms with E-state index in [0.717, 1.165) is 29.1 Å². The number of aryl methyl sites for hydroxylation is 2. The lowest BCUT2D eigenvalue weighted by Gasteiger charge is -2.25. The summed E-state index contributed by atoms with van der Waals surface area (Å²) >= 11 is 0. The molecule has 1 heterocycles. The van der Waals surface area contributed by atoms with E-state index in [1.54, 1.807) is 0 Å². The lowest BCUT2D eigenvalue weighted by molar-refractivity contribution is 0.0920. The van der Waals surface area contributed by atoms with Crippen molar-refractivity contribution < 1.29 is 9.53 Å². The highest BCUT2D eigenvalue weighted by molar-refractivity contribution is 5.98. The highest BCUT2D eigenvalue weighted by Gasteiger charge is 2.22. The molecule has 0 spiro atoms. The molecule has 124 valence electrons. The normalized spacial score (nSPS) is 11.6. The summed E-state index contributed by atoms with van der Waals surface area (Å²) < 4.78 is 7.86. The molecule has 0 aliphatic heterocycles. The van der Waals surface area contributed by atoms with Crippen molar-refractivity contribution in [2.45, 2.75) is 53.5 Å². The third kappa shape index (κ3) is 3.84. The fourth-order valence-electron chi connectivity index (χ4n) is 3.13. The van der Waals surface area contributed by atoms with Crippen LogP contribution >= 0.6 is 0 Å². The van der Waals surface area contributed by atoms with E-state index in [0.29, 0.717) is 0 Å². The van der Waals surface area contributed by atoms with Crippen LogP contribution in [0.3, 0.4) is 0 Å². The number of nitrogens with zero attached hydrogens (tertiary/aromatic N) is 1. The Balaban J connectivity index is 2.12. The van der Waals surface area contributed by atoms with Crippen LogP contribution < -0.4 is 4.74 Å².